The second kappa shape index (κ2) is 7.30. The maximum absolute atomic E-state index is 14.5. The van der Waals surface area contributed by atoms with Crippen molar-refractivity contribution >= 4 is 17.8 Å². The minimum Gasteiger partial charge on any atom is -0.313 e. The fraction of sp³-hybridized carbons (Fsp3) is 0.200. The molecule has 0 radical (unpaired) electrons. The SMILES string of the molecule is CCC1(O[N+](=O)[O-])C=CC=CC1P(=O)(c1ccccc1)c1ccccc1. The van der Waals surface area contributed by atoms with E-state index in [9.17, 15) is 14.7 Å². The number of benzene rings is 2. The van der Waals surface area contributed by atoms with Gasteiger partial charge in [-0.2, -0.15) is 0 Å². The number of rotatable bonds is 6. The van der Waals surface area contributed by atoms with Gasteiger partial charge in [0.25, 0.3) is 5.09 Å². The van der Waals surface area contributed by atoms with Crippen LogP contribution < -0.4 is 10.6 Å². The maximum atomic E-state index is 14.5. The van der Waals surface area contributed by atoms with Crippen LogP contribution in [0.1, 0.15) is 13.3 Å². The van der Waals surface area contributed by atoms with Crippen LogP contribution in [0.15, 0.2) is 85.0 Å². The molecule has 0 saturated heterocycles. The zero-order chi connectivity index (χ0) is 18.6. The summed E-state index contributed by atoms with van der Waals surface area (Å²) >= 11 is 0. The number of hydrogen-bond donors (Lipinski definition) is 0. The van der Waals surface area contributed by atoms with E-state index in [0.29, 0.717) is 17.0 Å². The number of allylic oxidation sites excluding steroid dienone is 2. The van der Waals surface area contributed by atoms with Gasteiger partial charge in [0.05, 0.1) is 5.66 Å². The van der Waals surface area contributed by atoms with Crippen molar-refractivity contribution in [3.63, 3.8) is 0 Å². The zero-order valence-corrected chi connectivity index (χ0v) is 15.3. The van der Waals surface area contributed by atoms with Crippen LogP contribution in [0.25, 0.3) is 0 Å². The molecule has 1 aliphatic rings. The van der Waals surface area contributed by atoms with Crippen LogP contribution in [0.3, 0.4) is 0 Å². The van der Waals surface area contributed by atoms with E-state index in [1.54, 1.807) is 31.2 Å². The number of hydrogen-bond acceptors (Lipinski definition) is 4. The molecule has 2 aromatic rings. The molecule has 2 unspecified atom stereocenters. The fourth-order valence-corrected chi connectivity index (χ4v) is 6.91. The first-order valence-electron chi connectivity index (χ1n) is 8.43. The van der Waals surface area contributed by atoms with Crippen molar-refractivity contribution in [2.45, 2.75) is 24.6 Å². The molecule has 26 heavy (non-hydrogen) atoms. The molecule has 134 valence electrons. The van der Waals surface area contributed by atoms with Crippen molar-refractivity contribution in [3.05, 3.63) is 95.1 Å². The minimum absolute atomic E-state index is 0.323. The first-order valence-corrected chi connectivity index (χ1v) is 10.2. The smallest absolute Gasteiger partial charge is 0.295 e. The average Bonchev–Trinajstić information content (AvgIpc) is 2.68. The van der Waals surface area contributed by atoms with E-state index in [-0.39, 0.29) is 0 Å². The molecule has 0 fully saturated rings. The minimum atomic E-state index is -3.26. The van der Waals surface area contributed by atoms with Crippen LogP contribution in [0, 0.1) is 10.1 Å². The lowest BCUT2D eigenvalue weighted by atomic mass is 9.92. The highest BCUT2D eigenvalue weighted by molar-refractivity contribution is 7.79. The maximum Gasteiger partial charge on any atom is 0.295 e. The summed E-state index contributed by atoms with van der Waals surface area (Å²) in [6.45, 7) is 1.81. The molecule has 0 N–H and O–H groups in total. The molecular weight excluding hydrogens is 349 g/mol. The summed E-state index contributed by atoms with van der Waals surface area (Å²) in [6.07, 6.45) is 7.24. The Labute approximate surface area is 152 Å². The summed E-state index contributed by atoms with van der Waals surface area (Å²) in [5, 5.41) is 11.7. The summed E-state index contributed by atoms with van der Waals surface area (Å²) in [4.78, 5) is 16.4. The normalized spacial score (nSPS) is 22.1. The Kier molecular flexibility index (Phi) is 5.10. The van der Waals surface area contributed by atoms with E-state index in [1.807, 2.05) is 60.7 Å². The molecule has 0 saturated carbocycles. The second-order valence-corrected chi connectivity index (χ2v) is 9.05. The highest BCUT2D eigenvalue weighted by Gasteiger charge is 2.50. The topological polar surface area (TPSA) is 69.4 Å². The molecular formula is C20H20NO4P. The molecule has 0 heterocycles. The van der Waals surface area contributed by atoms with Gasteiger partial charge in [-0.25, -0.2) is 0 Å². The van der Waals surface area contributed by atoms with Crippen LogP contribution in [-0.4, -0.2) is 16.3 Å². The average molecular weight is 369 g/mol. The molecule has 5 nitrogen and oxygen atoms in total. The highest BCUT2D eigenvalue weighted by Crippen LogP contribution is 2.56. The van der Waals surface area contributed by atoms with Gasteiger partial charge in [0, 0.05) is 10.6 Å². The third kappa shape index (κ3) is 3.11. The lowest BCUT2D eigenvalue weighted by Gasteiger charge is -2.40. The van der Waals surface area contributed by atoms with Crippen molar-refractivity contribution in [3.8, 4) is 0 Å². The van der Waals surface area contributed by atoms with E-state index < -0.39 is 23.5 Å². The molecule has 6 heteroatoms. The van der Waals surface area contributed by atoms with Gasteiger partial charge in [-0.15, -0.1) is 10.1 Å². The Balaban J connectivity index is 2.24. The predicted octanol–water partition coefficient (Wildman–Crippen LogP) is 3.85. The van der Waals surface area contributed by atoms with Gasteiger partial charge in [-0.1, -0.05) is 91.9 Å². The second-order valence-electron chi connectivity index (χ2n) is 6.14. The third-order valence-corrected chi connectivity index (χ3v) is 8.28. The third-order valence-electron chi connectivity index (χ3n) is 4.75. The number of nitrogens with zero attached hydrogens (tertiary/aromatic N) is 1. The predicted molar refractivity (Wildman–Crippen MR) is 103 cm³/mol. The molecule has 0 amide bonds. The van der Waals surface area contributed by atoms with Crippen molar-refractivity contribution < 1.29 is 14.5 Å². The summed E-state index contributed by atoms with van der Waals surface area (Å²) in [7, 11) is -3.26. The zero-order valence-electron chi connectivity index (χ0n) is 14.4. The first kappa shape index (κ1) is 18.2. The Morgan fingerprint density at radius 1 is 1.04 bits per heavy atom. The van der Waals surface area contributed by atoms with Gasteiger partial charge >= 0.3 is 0 Å². The van der Waals surface area contributed by atoms with Gasteiger partial charge in [0.2, 0.25) is 0 Å². The van der Waals surface area contributed by atoms with Crippen molar-refractivity contribution in [2.75, 3.05) is 0 Å². The van der Waals surface area contributed by atoms with Crippen LogP contribution in [-0.2, 0) is 9.40 Å². The Morgan fingerprint density at radius 2 is 1.58 bits per heavy atom. The van der Waals surface area contributed by atoms with E-state index >= 15 is 0 Å². The molecule has 2 aromatic carbocycles. The summed E-state index contributed by atoms with van der Waals surface area (Å²) in [5.74, 6) is 0. The van der Waals surface area contributed by atoms with Gasteiger partial charge in [-0.3, -0.25) is 0 Å². The molecule has 0 aliphatic heterocycles. The molecule has 2 atom stereocenters. The van der Waals surface area contributed by atoms with E-state index in [1.165, 1.54) is 0 Å². The van der Waals surface area contributed by atoms with E-state index in [0.717, 1.165) is 0 Å². The van der Waals surface area contributed by atoms with Gasteiger partial charge in [0.15, 0.2) is 7.14 Å². The van der Waals surface area contributed by atoms with Crippen LogP contribution in [0.5, 0.6) is 0 Å². The van der Waals surface area contributed by atoms with Crippen molar-refractivity contribution in [1.82, 2.24) is 0 Å². The Bertz CT molecular complexity index is 836. The molecule has 3 rings (SSSR count). The summed E-state index contributed by atoms with van der Waals surface area (Å²) in [5.41, 5.74) is -1.96. The summed E-state index contributed by atoms with van der Waals surface area (Å²) in [6, 6.07) is 18.3. The Hall–Kier alpha value is -2.65. The van der Waals surface area contributed by atoms with Crippen LogP contribution >= 0.6 is 7.14 Å². The van der Waals surface area contributed by atoms with Crippen LogP contribution in [0.4, 0.5) is 0 Å². The fourth-order valence-electron chi connectivity index (χ4n) is 3.46. The van der Waals surface area contributed by atoms with Crippen molar-refractivity contribution in [2.24, 2.45) is 0 Å². The quantitative estimate of drug-likeness (QED) is 0.441. The van der Waals surface area contributed by atoms with Crippen molar-refractivity contribution in [1.29, 1.82) is 0 Å². The molecule has 0 bridgehead atoms. The standard InChI is InChI=1S/C20H20NO4P/c1-2-20(25-21(22)23)16-10-9-15-19(20)26(24,17-11-5-3-6-12-17)18-13-7-4-8-14-18/h3-16,19H,2H2,1H3. The lowest BCUT2D eigenvalue weighted by molar-refractivity contribution is -0.777. The largest absolute Gasteiger partial charge is 0.313 e. The van der Waals surface area contributed by atoms with Gasteiger partial charge < -0.3 is 9.40 Å². The van der Waals surface area contributed by atoms with Gasteiger partial charge in [-0.05, 0) is 6.42 Å². The molecule has 0 aromatic heterocycles. The van der Waals surface area contributed by atoms with E-state index in [4.69, 9.17) is 4.84 Å². The first-order chi connectivity index (χ1) is 12.5. The summed E-state index contributed by atoms with van der Waals surface area (Å²) < 4.78 is 14.5. The monoisotopic (exact) mass is 369 g/mol. The highest BCUT2D eigenvalue weighted by atomic mass is 31.2. The van der Waals surface area contributed by atoms with E-state index in [2.05, 4.69) is 0 Å². The van der Waals surface area contributed by atoms with Gasteiger partial charge in [0.1, 0.15) is 5.60 Å². The Morgan fingerprint density at radius 3 is 2.04 bits per heavy atom. The lowest BCUT2D eigenvalue weighted by Crippen LogP contribution is -2.47. The molecule has 1 aliphatic carbocycles. The molecule has 0 spiro atoms. The van der Waals surface area contributed by atoms with Crippen LogP contribution in [0.2, 0.25) is 0 Å².